The molecule has 1 N–H and O–H groups in total. The molecule has 0 bridgehead atoms. The van der Waals surface area contributed by atoms with Crippen LogP contribution in [0.2, 0.25) is 0 Å². The molecule has 2 aromatic rings. The van der Waals surface area contributed by atoms with Crippen molar-refractivity contribution in [2.45, 2.75) is 25.7 Å². The molecule has 0 aromatic carbocycles. The molecule has 1 aliphatic carbocycles. The Morgan fingerprint density at radius 1 is 1.41 bits per heavy atom. The highest BCUT2D eigenvalue weighted by atomic mass is 32.1. The van der Waals surface area contributed by atoms with Gasteiger partial charge in [0.25, 0.3) is 5.91 Å². The minimum Gasteiger partial charge on any atom is -0.472 e. The maximum atomic E-state index is 11.8. The van der Waals surface area contributed by atoms with Gasteiger partial charge in [-0.25, -0.2) is 4.98 Å². The summed E-state index contributed by atoms with van der Waals surface area (Å²) in [4.78, 5) is 17.6. The number of anilines is 1. The fraction of sp³-hybridized carbons (Fsp3) is 0.333. The van der Waals surface area contributed by atoms with Crippen molar-refractivity contribution in [2.24, 2.45) is 0 Å². The van der Waals surface area contributed by atoms with Crippen LogP contribution in [0.15, 0.2) is 23.0 Å². The number of hydrogen-bond acceptors (Lipinski definition) is 4. The van der Waals surface area contributed by atoms with Crippen molar-refractivity contribution in [3.8, 4) is 0 Å². The molecular weight excluding hydrogens is 236 g/mol. The predicted molar refractivity (Wildman–Crippen MR) is 65.4 cm³/mol. The van der Waals surface area contributed by atoms with Gasteiger partial charge < -0.3 is 4.42 Å². The van der Waals surface area contributed by atoms with Gasteiger partial charge in [0.1, 0.15) is 6.26 Å². The number of furan rings is 1. The largest absolute Gasteiger partial charge is 0.472 e. The third-order valence-corrected chi connectivity index (χ3v) is 3.92. The zero-order chi connectivity index (χ0) is 11.7. The number of carbonyl (C=O) groups excluding carboxylic acids is 1. The monoisotopic (exact) mass is 248 g/mol. The summed E-state index contributed by atoms with van der Waals surface area (Å²) in [6.07, 6.45) is 7.47. The van der Waals surface area contributed by atoms with E-state index in [1.54, 1.807) is 17.4 Å². The van der Waals surface area contributed by atoms with Gasteiger partial charge >= 0.3 is 0 Å². The van der Waals surface area contributed by atoms with Crippen LogP contribution in [-0.2, 0) is 12.8 Å². The quantitative estimate of drug-likeness (QED) is 0.889. The number of thiazole rings is 1. The van der Waals surface area contributed by atoms with Gasteiger partial charge in [-0.15, -0.1) is 11.3 Å². The van der Waals surface area contributed by atoms with E-state index in [2.05, 4.69) is 10.3 Å². The summed E-state index contributed by atoms with van der Waals surface area (Å²) >= 11 is 1.59. The average Bonchev–Trinajstić information content (AvgIpc) is 2.97. The van der Waals surface area contributed by atoms with Crippen LogP contribution in [0.4, 0.5) is 5.13 Å². The molecular formula is C12H12N2O2S. The normalized spacial score (nSPS) is 14.4. The highest BCUT2D eigenvalue weighted by Crippen LogP contribution is 2.29. The van der Waals surface area contributed by atoms with Gasteiger partial charge in [0.15, 0.2) is 5.13 Å². The molecule has 88 valence electrons. The Kier molecular flexibility index (Phi) is 2.68. The summed E-state index contributed by atoms with van der Waals surface area (Å²) in [5, 5.41) is 3.51. The molecule has 1 aliphatic rings. The van der Waals surface area contributed by atoms with Crippen molar-refractivity contribution in [3.05, 3.63) is 34.7 Å². The molecule has 0 saturated heterocycles. The van der Waals surface area contributed by atoms with Crippen molar-refractivity contribution in [2.75, 3.05) is 5.32 Å². The number of fused-ring (bicyclic) bond motifs is 1. The SMILES string of the molecule is O=C(Nc1nc2c(s1)CCCC2)c1ccoc1. The molecule has 0 unspecified atom stereocenters. The smallest absolute Gasteiger partial charge is 0.260 e. The maximum Gasteiger partial charge on any atom is 0.260 e. The number of amides is 1. The first-order valence-corrected chi connectivity index (χ1v) is 6.47. The van der Waals surface area contributed by atoms with E-state index in [9.17, 15) is 4.79 Å². The standard InChI is InChI=1S/C12H12N2O2S/c15-11(8-5-6-16-7-8)14-12-13-9-3-1-2-4-10(9)17-12/h5-7H,1-4H2,(H,13,14,15). The lowest BCUT2D eigenvalue weighted by atomic mass is 10.0. The first-order chi connectivity index (χ1) is 8.33. The van der Waals surface area contributed by atoms with Gasteiger partial charge in [-0.05, 0) is 31.7 Å². The summed E-state index contributed by atoms with van der Waals surface area (Å²) in [5.41, 5.74) is 1.68. The van der Waals surface area contributed by atoms with Crippen LogP contribution < -0.4 is 5.32 Å². The number of aryl methyl sites for hydroxylation is 2. The van der Waals surface area contributed by atoms with E-state index in [1.807, 2.05) is 0 Å². The van der Waals surface area contributed by atoms with Crippen molar-refractivity contribution in [3.63, 3.8) is 0 Å². The Balaban J connectivity index is 1.77. The number of hydrogen-bond donors (Lipinski definition) is 1. The first-order valence-electron chi connectivity index (χ1n) is 5.65. The molecule has 0 radical (unpaired) electrons. The number of carbonyl (C=O) groups is 1. The minimum atomic E-state index is -0.162. The Hall–Kier alpha value is -1.62. The van der Waals surface area contributed by atoms with Crippen LogP contribution >= 0.6 is 11.3 Å². The maximum absolute atomic E-state index is 11.8. The van der Waals surface area contributed by atoms with Crippen LogP contribution in [0.3, 0.4) is 0 Å². The second-order valence-corrected chi connectivity index (χ2v) is 5.15. The third kappa shape index (κ3) is 2.10. The van der Waals surface area contributed by atoms with Crippen LogP contribution in [-0.4, -0.2) is 10.9 Å². The molecule has 0 atom stereocenters. The molecule has 3 rings (SSSR count). The Morgan fingerprint density at radius 3 is 3.06 bits per heavy atom. The molecule has 17 heavy (non-hydrogen) atoms. The molecule has 5 heteroatoms. The van der Waals surface area contributed by atoms with Gasteiger partial charge in [-0.3, -0.25) is 10.1 Å². The lowest BCUT2D eigenvalue weighted by Crippen LogP contribution is -2.10. The zero-order valence-electron chi connectivity index (χ0n) is 9.23. The third-order valence-electron chi connectivity index (χ3n) is 2.85. The summed E-state index contributed by atoms with van der Waals surface area (Å²) < 4.78 is 4.88. The Morgan fingerprint density at radius 2 is 2.29 bits per heavy atom. The summed E-state index contributed by atoms with van der Waals surface area (Å²) in [6, 6.07) is 1.64. The summed E-state index contributed by atoms with van der Waals surface area (Å²) in [7, 11) is 0. The van der Waals surface area contributed by atoms with E-state index in [4.69, 9.17) is 4.42 Å². The molecule has 0 fully saturated rings. The van der Waals surface area contributed by atoms with Gasteiger partial charge in [0.05, 0.1) is 17.5 Å². The van der Waals surface area contributed by atoms with Crippen molar-refractivity contribution < 1.29 is 9.21 Å². The predicted octanol–water partition coefficient (Wildman–Crippen LogP) is 2.87. The van der Waals surface area contributed by atoms with E-state index >= 15 is 0 Å². The lowest BCUT2D eigenvalue weighted by Gasteiger charge is -2.06. The number of rotatable bonds is 2. The highest BCUT2D eigenvalue weighted by Gasteiger charge is 2.16. The molecule has 4 nitrogen and oxygen atoms in total. The molecule has 2 aromatic heterocycles. The first kappa shape index (κ1) is 10.5. The van der Waals surface area contributed by atoms with Gasteiger partial charge in [-0.1, -0.05) is 0 Å². The fourth-order valence-corrected chi connectivity index (χ4v) is 3.01. The molecule has 2 heterocycles. The minimum absolute atomic E-state index is 0.162. The van der Waals surface area contributed by atoms with Crippen molar-refractivity contribution in [1.82, 2.24) is 4.98 Å². The van der Waals surface area contributed by atoms with Crippen LogP contribution in [0.1, 0.15) is 33.8 Å². The second-order valence-electron chi connectivity index (χ2n) is 4.06. The van der Waals surface area contributed by atoms with E-state index < -0.39 is 0 Å². The molecule has 0 aliphatic heterocycles. The summed E-state index contributed by atoms with van der Waals surface area (Å²) in [5.74, 6) is -0.162. The van der Waals surface area contributed by atoms with E-state index in [1.165, 1.54) is 30.2 Å². The Bertz CT molecular complexity index is 507. The van der Waals surface area contributed by atoms with Crippen LogP contribution in [0.5, 0.6) is 0 Å². The Labute approximate surface area is 103 Å². The molecule has 1 amide bonds. The molecule has 0 spiro atoms. The lowest BCUT2D eigenvalue weighted by molar-refractivity contribution is 0.102. The molecule has 0 saturated carbocycles. The van der Waals surface area contributed by atoms with E-state index in [0.717, 1.165) is 18.5 Å². The zero-order valence-corrected chi connectivity index (χ0v) is 10.0. The summed E-state index contributed by atoms with van der Waals surface area (Å²) in [6.45, 7) is 0. The number of nitrogens with zero attached hydrogens (tertiary/aromatic N) is 1. The fourth-order valence-electron chi connectivity index (χ4n) is 1.97. The topological polar surface area (TPSA) is 55.1 Å². The average molecular weight is 248 g/mol. The number of nitrogens with one attached hydrogen (secondary N) is 1. The van der Waals surface area contributed by atoms with Crippen molar-refractivity contribution >= 4 is 22.4 Å². The van der Waals surface area contributed by atoms with E-state index in [0.29, 0.717) is 10.7 Å². The van der Waals surface area contributed by atoms with Gasteiger partial charge in [-0.2, -0.15) is 0 Å². The second kappa shape index (κ2) is 4.33. The van der Waals surface area contributed by atoms with Gasteiger partial charge in [0.2, 0.25) is 0 Å². The van der Waals surface area contributed by atoms with Gasteiger partial charge in [0, 0.05) is 4.88 Å². The van der Waals surface area contributed by atoms with E-state index in [-0.39, 0.29) is 5.91 Å². The number of aromatic nitrogens is 1. The van der Waals surface area contributed by atoms with Crippen molar-refractivity contribution in [1.29, 1.82) is 0 Å². The van der Waals surface area contributed by atoms with Crippen LogP contribution in [0.25, 0.3) is 0 Å². The van der Waals surface area contributed by atoms with Crippen LogP contribution in [0, 0.1) is 0 Å². The highest BCUT2D eigenvalue weighted by molar-refractivity contribution is 7.15.